The van der Waals surface area contributed by atoms with Crippen molar-refractivity contribution < 1.29 is 14.3 Å². The van der Waals surface area contributed by atoms with Gasteiger partial charge in [-0.1, -0.05) is 35.9 Å². The van der Waals surface area contributed by atoms with Crippen LogP contribution in [0.2, 0.25) is 0 Å². The van der Waals surface area contributed by atoms with E-state index in [0.717, 1.165) is 13.1 Å². The number of hydrogen-bond donors (Lipinski definition) is 2. The summed E-state index contributed by atoms with van der Waals surface area (Å²) in [5.41, 5.74) is 2.97. The molecule has 1 atom stereocenters. The number of aliphatic carboxylic acids is 1. The van der Waals surface area contributed by atoms with Crippen LogP contribution in [-0.2, 0) is 11.3 Å². The zero-order valence-electron chi connectivity index (χ0n) is 13.6. The lowest BCUT2D eigenvalue weighted by molar-refractivity contribution is -0.132. The number of allylic oxidation sites excluding steroid dienone is 2. The van der Waals surface area contributed by atoms with E-state index >= 15 is 0 Å². The molecule has 4 nitrogen and oxygen atoms in total. The number of likely N-dealkylation sites (N-methyl/N-ethyl adjacent to an activating group) is 1. The Kier molecular flexibility index (Phi) is 5.93. The number of aryl methyl sites for hydroxylation is 1. The maximum absolute atomic E-state index is 13.8. The van der Waals surface area contributed by atoms with Crippen LogP contribution in [0.5, 0.6) is 0 Å². The predicted octanol–water partition coefficient (Wildman–Crippen LogP) is 2.65. The van der Waals surface area contributed by atoms with Crippen LogP contribution < -0.4 is 5.32 Å². The van der Waals surface area contributed by atoms with Crippen molar-refractivity contribution in [1.82, 2.24) is 10.2 Å². The first kappa shape index (κ1) is 17.2. The summed E-state index contributed by atoms with van der Waals surface area (Å²) in [5.74, 6) is -1.02. The van der Waals surface area contributed by atoms with Gasteiger partial charge in [0.25, 0.3) is 0 Å². The highest BCUT2D eigenvalue weighted by Crippen LogP contribution is 2.19. The fraction of sp³-hybridized carbons (Fsp3) is 0.389. The molecule has 2 N–H and O–H groups in total. The smallest absolute Gasteiger partial charge is 0.335 e. The number of hydrogen-bond acceptors (Lipinski definition) is 3. The van der Waals surface area contributed by atoms with Gasteiger partial charge in [-0.3, -0.25) is 0 Å². The molecule has 0 radical (unpaired) electrons. The molecule has 1 unspecified atom stereocenters. The quantitative estimate of drug-likeness (QED) is 0.811. The van der Waals surface area contributed by atoms with E-state index in [0.29, 0.717) is 12.2 Å². The van der Waals surface area contributed by atoms with Crippen LogP contribution in [0.25, 0.3) is 0 Å². The number of carboxylic acid groups (broad SMARTS) is 1. The minimum absolute atomic E-state index is 0.111. The molecule has 1 aliphatic carbocycles. The Morgan fingerprint density at radius 2 is 2.26 bits per heavy atom. The highest BCUT2D eigenvalue weighted by molar-refractivity contribution is 5.90. The van der Waals surface area contributed by atoms with Gasteiger partial charge in [0.05, 0.1) is 5.57 Å². The van der Waals surface area contributed by atoms with Gasteiger partial charge >= 0.3 is 5.97 Å². The van der Waals surface area contributed by atoms with Gasteiger partial charge < -0.3 is 15.3 Å². The Morgan fingerprint density at radius 3 is 2.96 bits per heavy atom. The number of benzene rings is 1. The lowest BCUT2D eigenvalue weighted by Crippen LogP contribution is -2.32. The van der Waals surface area contributed by atoms with Crippen LogP contribution in [0.3, 0.4) is 0 Å². The number of carbonyl (C=O) groups is 1. The highest BCUT2D eigenvalue weighted by Gasteiger charge is 2.19. The molecular weight excluding hydrogens is 295 g/mol. The Morgan fingerprint density at radius 1 is 1.48 bits per heavy atom. The maximum atomic E-state index is 13.8. The number of halogens is 1. The number of carboxylic acids is 1. The lowest BCUT2D eigenvalue weighted by atomic mass is 10.0. The number of alkyl halides is 1. The van der Waals surface area contributed by atoms with Crippen LogP contribution in [0.1, 0.15) is 17.5 Å². The average Bonchev–Trinajstić information content (AvgIpc) is 2.49. The van der Waals surface area contributed by atoms with Gasteiger partial charge in [0.1, 0.15) is 6.17 Å². The predicted molar refractivity (Wildman–Crippen MR) is 88.8 cm³/mol. The van der Waals surface area contributed by atoms with Crippen LogP contribution in [0, 0.1) is 6.92 Å². The van der Waals surface area contributed by atoms with Crippen LogP contribution >= 0.6 is 0 Å². The first-order chi connectivity index (χ1) is 11.0. The van der Waals surface area contributed by atoms with E-state index < -0.39 is 12.1 Å². The lowest BCUT2D eigenvalue weighted by Gasteiger charge is -2.21. The van der Waals surface area contributed by atoms with Crippen molar-refractivity contribution in [2.45, 2.75) is 26.1 Å². The zero-order valence-corrected chi connectivity index (χ0v) is 13.6. The molecule has 0 saturated carbocycles. The summed E-state index contributed by atoms with van der Waals surface area (Å²) in [7, 11) is 2.01. The zero-order chi connectivity index (χ0) is 16.8. The Hall–Kier alpha value is -2.14. The topological polar surface area (TPSA) is 52.6 Å². The van der Waals surface area contributed by atoms with Gasteiger partial charge in [0, 0.05) is 31.8 Å². The molecule has 1 aromatic carbocycles. The third kappa shape index (κ3) is 5.21. The van der Waals surface area contributed by atoms with Crippen molar-refractivity contribution in [2.75, 3.05) is 20.1 Å². The van der Waals surface area contributed by atoms with E-state index in [1.165, 1.54) is 23.3 Å². The summed E-state index contributed by atoms with van der Waals surface area (Å²) < 4.78 is 13.8. The third-order valence-electron chi connectivity index (χ3n) is 3.80. The largest absolute Gasteiger partial charge is 0.478 e. The highest BCUT2D eigenvalue weighted by atomic mass is 19.1. The Labute approximate surface area is 136 Å². The minimum Gasteiger partial charge on any atom is -0.478 e. The van der Waals surface area contributed by atoms with Crippen molar-refractivity contribution in [2.24, 2.45) is 0 Å². The van der Waals surface area contributed by atoms with Crippen molar-refractivity contribution in [3.8, 4) is 0 Å². The molecule has 5 heteroatoms. The number of nitrogens with zero attached hydrogens (tertiary/aromatic N) is 1. The first-order valence-corrected chi connectivity index (χ1v) is 7.73. The molecule has 0 aliphatic heterocycles. The van der Waals surface area contributed by atoms with Crippen LogP contribution in [-0.4, -0.2) is 42.3 Å². The molecule has 1 aromatic rings. The van der Waals surface area contributed by atoms with Crippen LogP contribution in [0.15, 0.2) is 47.7 Å². The molecule has 0 aromatic heterocycles. The molecule has 0 bridgehead atoms. The number of rotatable bonds is 7. The third-order valence-corrected chi connectivity index (χ3v) is 3.80. The summed E-state index contributed by atoms with van der Waals surface area (Å²) in [6.45, 7) is 4.20. The molecule has 0 amide bonds. The molecule has 2 rings (SSSR count). The molecular formula is C18H23FN2O2. The fourth-order valence-electron chi connectivity index (χ4n) is 2.58. The van der Waals surface area contributed by atoms with Gasteiger partial charge in [-0.05, 0) is 25.6 Å². The minimum atomic E-state index is -1.15. The van der Waals surface area contributed by atoms with Gasteiger partial charge in [-0.25, -0.2) is 9.18 Å². The van der Waals surface area contributed by atoms with E-state index in [4.69, 9.17) is 5.11 Å². The summed E-state index contributed by atoms with van der Waals surface area (Å²) in [4.78, 5) is 13.1. The van der Waals surface area contributed by atoms with E-state index in [9.17, 15) is 9.18 Å². The molecule has 0 saturated heterocycles. The second-order valence-corrected chi connectivity index (χ2v) is 5.92. The fourth-order valence-corrected chi connectivity index (χ4v) is 2.58. The maximum Gasteiger partial charge on any atom is 0.335 e. The van der Waals surface area contributed by atoms with Crippen molar-refractivity contribution >= 4 is 5.97 Å². The standard InChI is InChI=1S/C18H23FN2O2/c1-13-4-3-5-14(10-13)12-21(2)9-8-20-17-11-15(18(22)23)6-7-16(17)19/h3-6,10-11,16,20H,7-9,12H2,1-2H3,(H,22,23). The summed E-state index contributed by atoms with van der Waals surface area (Å²) in [6, 6.07) is 8.34. The molecule has 1 aliphatic rings. The van der Waals surface area contributed by atoms with E-state index in [1.807, 2.05) is 13.1 Å². The Balaban J connectivity index is 1.82. The monoisotopic (exact) mass is 318 g/mol. The molecule has 0 spiro atoms. The van der Waals surface area contributed by atoms with Crippen molar-refractivity contribution in [3.05, 3.63) is 58.8 Å². The average molecular weight is 318 g/mol. The number of nitrogens with one attached hydrogen (secondary N) is 1. The van der Waals surface area contributed by atoms with Gasteiger partial charge in [-0.2, -0.15) is 0 Å². The van der Waals surface area contributed by atoms with Gasteiger partial charge in [0.15, 0.2) is 0 Å². The summed E-state index contributed by atoms with van der Waals surface area (Å²) in [5, 5.41) is 12.0. The van der Waals surface area contributed by atoms with E-state index in [1.54, 1.807) is 0 Å². The summed E-state index contributed by atoms with van der Waals surface area (Å²) in [6.07, 6.45) is 1.76. The molecule has 0 fully saturated rings. The van der Waals surface area contributed by atoms with Crippen molar-refractivity contribution in [1.29, 1.82) is 0 Å². The molecule has 23 heavy (non-hydrogen) atoms. The Bertz CT molecular complexity index is 625. The molecule has 124 valence electrons. The van der Waals surface area contributed by atoms with Crippen LogP contribution in [0.4, 0.5) is 4.39 Å². The van der Waals surface area contributed by atoms with E-state index in [2.05, 4.69) is 35.3 Å². The SMILES string of the molecule is Cc1cccc(CN(C)CCNC2=CC(C(=O)O)=CCC2F)c1. The van der Waals surface area contributed by atoms with Gasteiger partial charge in [0.2, 0.25) is 0 Å². The van der Waals surface area contributed by atoms with E-state index in [-0.39, 0.29) is 12.0 Å². The second kappa shape index (κ2) is 7.92. The first-order valence-electron chi connectivity index (χ1n) is 7.73. The normalized spacial score (nSPS) is 17.7. The molecule has 0 heterocycles. The van der Waals surface area contributed by atoms with Gasteiger partial charge in [-0.15, -0.1) is 0 Å². The summed E-state index contributed by atoms with van der Waals surface area (Å²) >= 11 is 0. The second-order valence-electron chi connectivity index (χ2n) is 5.92. The van der Waals surface area contributed by atoms with Crippen molar-refractivity contribution in [3.63, 3.8) is 0 Å².